The maximum Gasteiger partial charge on any atom is 0.306 e. The molecule has 346 valence electrons. The van der Waals surface area contributed by atoms with Gasteiger partial charge in [-0.15, -0.1) is 0 Å². The normalized spacial score (nSPS) is 13.8. The van der Waals surface area contributed by atoms with Crippen LogP contribution in [0, 0.1) is 0 Å². The zero-order valence-electron chi connectivity index (χ0n) is 39.0. The first-order valence-corrected chi connectivity index (χ1v) is 23.4. The summed E-state index contributed by atoms with van der Waals surface area (Å²) >= 11 is 0. The van der Waals surface area contributed by atoms with E-state index in [4.69, 9.17) is 18.9 Å². The second-order valence-corrected chi connectivity index (χ2v) is 16.3. The zero-order chi connectivity index (χ0) is 44.9. The van der Waals surface area contributed by atoms with Crippen LogP contribution in [0.15, 0.2) is 97.2 Å². The molecule has 0 spiro atoms. The molecule has 2 unspecified atom stereocenters. The Hall–Kier alpha value is -3.79. The Balaban J connectivity index is 4.55. The lowest BCUT2D eigenvalue weighted by atomic mass is 10.1. The molecule has 0 aromatic carbocycles. The van der Waals surface area contributed by atoms with Crippen molar-refractivity contribution in [1.29, 1.82) is 0 Å². The first-order chi connectivity index (χ1) is 29.6. The van der Waals surface area contributed by atoms with E-state index >= 15 is 0 Å². The van der Waals surface area contributed by atoms with Crippen molar-refractivity contribution in [2.24, 2.45) is 0 Å². The van der Waals surface area contributed by atoms with Crippen LogP contribution < -0.4 is 5.11 Å². The van der Waals surface area contributed by atoms with Gasteiger partial charge in [0.25, 0.3) is 0 Å². The third-order valence-electron chi connectivity index (χ3n) is 9.32. The molecule has 0 radical (unpaired) electrons. The SMILES string of the molecule is CC/C=C\C/C=C\C/C=C\C/C=C\C/C=C\C/C=C\C/C=C\CCCC(=O)OC(COC(=O)CCCCCCC/C=C\CCCCCC)COC(OCC[N+](C)(C)C)C(=O)[O-]. The molecule has 0 N–H and O–H groups in total. The average molecular weight is 852 g/mol. The summed E-state index contributed by atoms with van der Waals surface area (Å²) in [6, 6.07) is 0. The van der Waals surface area contributed by atoms with Crippen molar-refractivity contribution < 1.29 is 42.9 Å². The lowest BCUT2D eigenvalue weighted by Gasteiger charge is -2.26. The summed E-state index contributed by atoms with van der Waals surface area (Å²) in [5.74, 6) is -2.39. The number of esters is 2. The number of likely N-dealkylation sites (N-methyl/N-ethyl adjacent to an activating group) is 1. The van der Waals surface area contributed by atoms with Crippen LogP contribution in [0.2, 0.25) is 0 Å². The first-order valence-electron chi connectivity index (χ1n) is 23.4. The van der Waals surface area contributed by atoms with E-state index < -0.39 is 24.3 Å². The van der Waals surface area contributed by atoms with E-state index in [9.17, 15) is 19.5 Å². The number of carboxylic acids is 1. The van der Waals surface area contributed by atoms with E-state index in [1.54, 1.807) is 0 Å². The second-order valence-electron chi connectivity index (χ2n) is 16.3. The van der Waals surface area contributed by atoms with E-state index in [1.807, 2.05) is 27.2 Å². The second kappa shape index (κ2) is 42.9. The predicted molar refractivity (Wildman–Crippen MR) is 250 cm³/mol. The van der Waals surface area contributed by atoms with Crippen molar-refractivity contribution in [3.05, 3.63) is 97.2 Å². The summed E-state index contributed by atoms with van der Waals surface area (Å²) in [6.45, 7) is 4.50. The van der Waals surface area contributed by atoms with E-state index in [-0.39, 0.29) is 38.6 Å². The van der Waals surface area contributed by atoms with Crippen LogP contribution in [-0.4, -0.2) is 82.3 Å². The Morgan fingerprint density at radius 2 is 0.951 bits per heavy atom. The van der Waals surface area contributed by atoms with Gasteiger partial charge < -0.3 is 33.3 Å². The molecule has 0 fully saturated rings. The highest BCUT2D eigenvalue weighted by Crippen LogP contribution is 2.11. The molecule has 9 nitrogen and oxygen atoms in total. The maximum atomic E-state index is 12.7. The molecule has 9 heteroatoms. The number of unbranched alkanes of at least 4 members (excludes halogenated alkanes) is 10. The molecule has 0 heterocycles. The molecule has 0 bridgehead atoms. The number of carbonyl (C=O) groups is 3. The first kappa shape index (κ1) is 57.2. The molecule has 0 saturated heterocycles. The predicted octanol–water partition coefficient (Wildman–Crippen LogP) is 11.3. The van der Waals surface area contributed by atoms with Crippen molar-refractivity contribution in [1.82, 2.24) is 0 Å². The Labute approximate surface area is 372 Å². The van der Waals surface area contributed by atoms with Gasteiger partial charge in [-0.3, -0.25) is 9.59 Å². The molecule has 0 saturated carbocycles. The Morgan fingerprint density at radius 3 is 1.46 bits per heavy atom. The van der Waals surface area contributed by atoms with Gasteiger partial charge in [0.2, 0.25) is 0 Å². The highest BCUT2D eigenvalue weighted by molar-refractivity contribution is 5.70. The van der Waals surface area contributed by atoms with Crippen molar-refractivity contribution in [2.75, 3.05) is 47.5 Å². The van der Waals surface area contributed by atoms with Gasteiger partial charge in [-0.1, -0.05) is 150 Å². The fourth-order valence-corrected chi connectivity index (χ4v) is 5.69. The molecule has 61 heavy (non-hydrogen) atoms. The number of aliphatic carboxylic acids is 1. The van der Waals surface area contributed by atoms with Crippen molar-refractivity contribution in [3.63, 3.8) is 0 Å². The number of hydrogen-bond acceptors (Lipinski definition) is 8. The molecule has 2 atom stereocenters. The third-order valence-corrected chi connectivity index (χ3v) is 9.32. The quantitative estimate of drug-likeness (QED) is 0.0197. The van der Waals surface area contributed by atoms with Gasteiger partial charge in [-0.2, -0.15) is 0 Å². The van der Waals surface area contributed by atoms with Crippen LogP contribution in [0.3, 0.4) is 0 Å². The fraction of sp³-hybridized carbons (Fsp3) is 0.635. The number of rotatable bonds is 41. The summed E-state index contributed by atoms with van der Waals surface area (Å²) in [5, 5.41) is 11.7. The Bertz CT molecular complexity index is 1320. The van der Waals surface area contributed by atoms with Gasteiger partial charge in [0.05, 0.1) is 40.3 Å². The number of ether oxygens (including phenoxy) is 4. The van der Waals surface area contributed by atoms with Gasteiger partial charge >= 0.3 is 11.9 Å². The lowest BCUT2D eigenvalue weighted by Crippen LogP contribution is -2.44. The number of nitrogens with zero attached hydrogens (tertiary/aromatic N) is 1. The zero-order valence-corrected chi connectivity index (χ0v) is 39.0. The van der Waals surface area contributed by atoms with Crippen LogP contribution in [-0.2, 0) is 33.3 Å². The van der Waals surface area contributed by atoms with E-state index in [0.717, 1.165) is 77.0 Å². The van der Waals surface area contributed by atoms with E-state index in [1.165, 1.54) is 32.1 Å². The van der Waals surface area contributed by atoms with Gasteiger partial charge in [0.15, 0.2) is 12.4 Å². The monoisotopic (exact) mass is 852 g/mol. The summed E-state index contributed by atoms with van der Waals surface area (Å²) < 4.78 is 22.5. The largest absolute Gasteiger partial charge is 0.545 e. The smallest absolute Gasteiger partial charge is 0.306 e. The lowest BCUT2D eigenvalue weighted by molar-refractivity contribution is -0.870. The number of hydrogen-bond donors (Lipinski definition) is 0. The van der Waals surface area contributed by atoms with Gasteiger partial charge in [0.1, 0.15) is 13.2 Å². The number of allylic oxidation sites excluding steroid dienone is 16. The Kier molecular flexibility index (Phi) is 40.2. The van der Waals surface area contributed by atoms with E-state index in [2.05, 4.69) is 105 Å². The van der Waals surface area contributed by atoms with Crippen LogP contribution in [0.1, 0.15) is 155 Å². The molecule has 0 aromatic rings. The highest BCUT2D eigenvalue weighted by Gasteiger charge is 2.21. The van der Waals surface area contributed by atoms with Crippen molar-refractivity contribution >= 4 is 17.9 Å². The summed E-state index contributed by atoms with van der Waals surface area (Å²) in [5.41, 5.74) is 0. The average Bonchev–Trinajstić information content (AvgIpc) is 3.22. The maximum absolute atomic E-state index is 12.7. The molecule has 0 rings (SSSR count). The molecule has 0 aliphatic heterocycles. The molecule has 0 amide bonds. The molecular weight excluding hydrogens is 767 g/mol. The molecule has 0 aromatic heterocycles. The number of carboxylic acid groups (broad SMARTS) is 1. The van der Waals surface area contributed by atoms with Crippen molar-refractivity contribution in [3.8, 4) is 0 Å². The topological polar surface area (TPSA) is 111 Å². The van der Waals surface area contributed by atoms with Crippen LogP contribution in [0.25, 0.3) is 0 Å². The van der Waals surface area contributed by atoms with Gasteiger partial charge in [-0.25, -0.2) is 0 Å². The van der Waals surface area contributed by atoms with Crippen molar-refractivity contribution in [2.45, 2.75) is 167 Å². The number of quaternary nitrogens is 1. The fourth-order valence-electron chi connectivity index (χ4n) is 5.69. The standard InChI is InChI=1S/C52H85NO8/c1-6-8-10-12-14-16-18-20-21-22-23-24-25-26-27-28-29-31-33-35-37-39-41-43-50(55)61-48(47-60-52(51(56)57)58-45-44-53(3,4)5)46-59-49(54)42-40-38-36-34-32-30-19-17-15-13-11-9-7-2/h8,10,14,16-17,19-21,23-24,26-27,29,31,35,37,48,52H,6-7,9,11-13,15,18,22,25,28,30,32-34,36,38-47H2,1-5H3/b10-8-,16-14-,19-17-,21-20-,24-23-,27-26-,31-29-,37-35-. The van der Waals surface area contributed by atoms with Gasteiger partial charge in [-0.05, 0) is 89.9 Å². The highest BCUT2D eigenvalue weighted by atomic mass is 16.7. The summed E-state index contributed by atoms with van der Waals surface area (Å²) in [4.78, 5) is 37.0. The molecule has 0 aliphatic rings. The van der Waals surface area contributed by atoms with Crippen LogP contribution in [0.4, 0.5) is 0 Å². The minimum Gasteiger partial charge on any atom is -0.545 e. The summed E-state index contributed by atoms with van der Waals surface area (Å²) in [7, 11) is 5.88. The third kappa shape index (κ3) is 44.1. The molecular formula is C52H85NO8. The van der Waals surface area contributed by atoms with Crippen LogP contribution in [0.5, 0.6) is 0 Å². The Morgan fingerprint density at radius 1 is 0.508 bits per heavy atom. The molecule has 0 aliphatic carbocycles. The van der Waals surface area contributed by atoms with Crippen LogP contribution >= 0.6 is 0 Å². The summed E-state index contributed by atoms with van der Waals surface area (Å²) in [6.07, 6.45) is 53.0. The number of carbonyl (C=O) groups excluding carboxylic acids is 3. The minimum absolute atomic E-state index is 0.130. The van der Waals surface area contributed by atoms with E-state index in [0.29, 0.717) is 30.3 Å². The van der Waals surface area contributed by atoms with Gasteiger partial charge in [0, 0.05) is 12.8 Å². The minimum atomic E-state index is -1.64.